The van der Waals surface area contributed by atoms with Gasteiger partial charge in [-0.1, -0.05) is 35.9 Å². The molecule has 1 unspecified atom stereocenters. The lowest BCUT2D eigenvalue weighted by molar-refractivity contribution is 0.441. The molecule has 0 radical (unpaired) electrons. The lowest BCUT2D eigenvalue weighted by Gasteiger charge is -2.17. The summed E-state index contributed by atoms with van der Waals surface area (Å²) in [5, 5.41) is 8.98. The number of anilines is 1. The Hall–Kier alpha value is -2.86. The van der Waals surface area contributed by atoms with E-state index in [9.17, 15) is 9.18 Å². The van der Waals surface area contributed by atoms with E-state index < -0.39 is 11.4 Å². The van der Waals surface area contributed by atoms with Gasteiger partial charge in [0.1, 0.15) is 10.8 Å². The summed E-state index contributed by atoms with van der Waals surface area (Å²) in [4.78, 5) is 11.5. The fourth-order valence-corrected chi connectivity index (χ4v) is 2.43. The lowest BCUT2D eigenvalue weighted by Crippen LogP contribution is -2.14. The maximum atomic E-state index is 14.3. The van der Waals surface area contributed by atoms with Crippen LogP contribution in [0.3, 0.4) is 0 Å². The van der Waals surface area contributed by atoms with E-state index >= 15 is 0 Å². The van der Waals surface area contributed by atoms with Crippen LogP contribution in [0, 0.1) is 5.82 Å². The van der Waals surface area contributed by atoms with Crippen molar-refractivity contribution in [2.75, 3.05) is 5.32 Å². The van der Waals surface area contributed by atoms with Gasteiger partial charge in [0.25, 0.3) is 5.56 Å². The molecule has 0 saturated heterocycles. The lowest BCUT2D eigenvalue weighted by atomic mass is 10.1. The van der Waals surface area contributed by atoms with Gasteiger partial charge in [0, 0.05) is 6.04 Å². The van der Waals surface area contributed by atoms with Crippen molar-refractivity contribution in [1.82, 2.24) is 10.2 Å². The second-order valence-corrected chi connectivity index (χ2v) is 5.78. The Bertz CT molecular complexity index is 931. The number of hydrogen-bond acceptors (Lipinski definition) is 4. The van der Waals surface area contributed by atoms with Crippen molar-refractivity contribution in [3.05, 3.63) is 81.5 Å². The summed E-state index contributed by atoms with van der Waals surface area (Å²) >= 11 is 5.93. The quantitative estimate of drug-likeness (QED) is 0.702. The summed E-state index contributed by atoms with van der Waals surface area (Å²) in [6.07, 6.45) is 1.41. The van der Waals surface area contributed by atoms with Crippen LogP contribution in [0.2, 0.25) is 5.02 Å². The van der Waals surface area contributed by atoms with Crippen LogP contribution >= 0.6 is 11.6 Å². The van der Waals surface area contributed by atoms with Gasteiger partial charge in [-0.25, -0.2) is 9.49 Å². The SMILES string of the molecule is CC(Nc1cn[nH]c(=O)c1Cl)c1ccc(Oc2ccccc2)c(F)c1. The molecule has 1 aromatic heterocycles. The molecule has 3 rings (SSSR count). The summed E-state index contributed by atoms with van der Waals surface area (Å²) < 4.78 is 19.9. The second kappa shape index (κ2) is 7.36. The molecule has 2 N–H and O–H groups in total. The molecular formula is C18H15ClFN3O2. The van der Waals surface area contributed by atoms with E-state index in [1.807, 2.05) is 25.1 Å². The average molecular weight is 360 g/mol. The van der Waals surface area contributed by atoms with Gasteiger partial charge in [0.15, 0.2) is 11.6 Å². The summed E-state index contributed by atoms with van der Waals surface area (Å²) in [5.74, 6) is 0.213. The second-order valence-electron chi connectivity index (χ2n) is 5.40. The van der Waals surface area contributed by atoms with E-state index in [1.165, 1.54) is 12.3 Å². The van der Waals surface area contributed by atoms with E-state index in [4.69, 9.17) is 16.3 Å². The van der Waals surface area contributed by atoms with E-state index in [0.717, 1.165) is 0 Å². The van der Waals surface area contributed by atoms with Crippen molar-refractivity contribution < 1.29 is 9.13 Å². The van der Waals surface area contributed by atoms with Crippen LogP contribution in [-0.2, 0) is 0 Å². The van der Waals surface area contributed by atoms with Crippen LogP contribution in [0.5, 0.6) is 11.5 Å². The first-order valence-electron chi connectivity index (χ1n) is 7.56. The number of para-hydroxylation sites is 1. The van der Waals surface area contributed by atoms with Crippen molar-refractivity contribution in [1.29, 1.82) is 0 Å². The molecule has 0 amide bonds. The van der Waals surface area contributed by atoms with Crippen LogP contribution in [0.4, 0.5) is 10.1 Å². The molecule has 3 aromatic rings. The molecule has 5 nitrogen and oxygen atoms in total. The Labute approximate surface area is 148 Å². The molecule has 1 heterocycles. The van der Waals surface area contributed by atoms with Gasteiger partial charge >= 0.3 is 0 Å². The molecule has 0 saturated carbocycles. The van der Waals surface area contributed by atoms with Crippen molar-refractivity contribution in [2.24, 2.45) is 0 Å². The van der Waals surface area contributed by atoms with E-state index in [-0.39, 0.29) is 16.8 Å². The molecule has 0 spiro atoms. The van der Waals surface area contributed by atoms with Gasteiger partial charge in [-0.15, -0.1) is 0 Å². The Morgan fingerprint density at radius 2 is 2.00 bits per heavy atom. The van der Waals surface area contributed by atoms with Gasteiger partial charge in [-0.05, 0) is 36.8 Å². The number of nitrogens with one attached hydrogen (secondary N) is 2. The Balaban J connectivity index is 1.78. The van der Waals surface area contributed by atoms with Crippen molar-refractivity contribution in [3.8, 4) is 11.5 Å². The molecule has 128 valence electrons. The van der Waals surface area contributed by atoms with Crippen LogP contribution < -0.4 is 15.6 Å². The van der Waals surface area contributed by atoms with E-state index in [2.05, 4.69) is 15.5 Å². The van der Waals surface area contributed by atoms with Gasteiger partial charge in [0.05, 0.1) is 11.9 Å². The smallest absolute Gasteiger partial charge is 0.285 e. The standard InChI is InChI=1S/C18H15ClFN3O2/c1-11(22-15-10-21-23-18(24)17(15)19)12-7-8-16(14(20)9-12)25-13-5-3-2-4-6-13/h2-11H,1H3,(H2,22,23,24). The number of benzene rings is 2. The molecule has 1 atom stereocenters. The van der Waals surface area contributed by atoms with Crippen molar-refractivity contribution >= 4 is 17.3 Å². The molecule has 25 heavy (non-hydrogen) atoms. The molecule has 0 aliphatic heterocycles. The number of halogens is 2. The van der Waals surface area contributed by atoms with Crippen LogP contribution in [0.1, 0.15) is 18.5 Å². The number of hydrogen-bond donors (Lipinski definition) is 2. The minimum absolute atomic E-state index is 0.00588. The third-order valence-corrected chi connectivity index (χ3v) is 3.97. The largest absolute Gasteiger partial charge is 0.454 e. The Kier molecular flexibility index (Phi) is 5.00. The Morgan fingerprint density at radius 3 is 2.72 bits per heavy atom. The van der Waals surface area contributed by atoms with Gasteiger partial charge in [0.2, 0.25) is 0 Å². The summed E-state index contributed by atoms with van der Waals surface area (Å²) in [6.45, 7) is 1.82. The fourth-order valence-electron chi connectivity index (χ4n) is 2.29. The number of ether oxygens (including phenoxy) is 1. The number of rotatable bonds is 5. The molecule has 7 heteroatoms. The fraction of sp³-hybridized carbons (Fsp3) is 0.111. The van der Waals surface area contributed by atoms with Crippen molar-refractivity contribution in [3.63, 3.8) is 0 Å². The third-order valence-electron chi connectivity index (χ3n) is 3.59. The van der Waals surface area contributed by atoms with Crippen LogP contribution in [0.15, 0.2) is 59.5 Å². The maximum absolute atomic E-state index is 14.3. The molecule has 0 aliphatic carbocycles. The highest BCUT2D eigenvalue weighted by atomic mass is 35.5. The monoisotopic (exact) mass is 359 g/mol. The van der Waals surface area contributed by atoms with Crippen molar-refractivity contribution in [2.45, 2.75) is 13.0 Å². The number of aromatic amines is 1. The predicted octanol–water partition coefficient (Wildman–Crippen LogP) is 4.53. The summed E-state index contributed by atoms with van der Waals surface area (Å²) in [6, 6.07) is 13.4. The zero-order valence-electron chi connectivity index (χ0n) is 13.3. The van der Waals surface area contributed by atoms with Gasteiger partial charge in [-0.2, -0.15) is 5.10 Å². The maximum Gasteiger partial charge on any atom is 0.285 e. The van der Waals surface area contributed by atoms with E-state index in [1.54, 1.807) is 24.3 Å². The first-order chi connectivity index (χ1) is 12.0. The highest BCUT2D eigenvalue weighted by Crippen LogP contribution is 2.28. The van der Waals surface area contributed by atoms with Gasteiger partial charge < -0.3 is 10.1 Å². The Morgan fingerprint density at radius 1 is 1.24 bits per heavy atom. The number of aromatic nitrogens is 2. The summed E-state index contributed by atoms with van der Waals surface area (Å²) in [7, 11) is 0. The molecular weight excluding hydrogens is 345 g/mol. The number of H-pyrrole nitrogens is 1. The minimum Gasteiger partial charge on any atom is -0.454 e. The van der Waals surface area contributed by atoms with E-state index in [0.29, 0.717) is 17.0 Å². The highest BCUT2D eigenvalue weighted by Gasteiger charge is 2.13. The molecule has 0 aliphatic rings. The zero-order valence-corrected chi connectivity index (χ0v) is 14.0. The minimum atomic E-state index is -0.489. The zero-order chi connectivity index (χ0) is 17.8. The van der Waals surface area contributed by atoms with Gasteiger partial charge in [-0.3, -0.25) is 4.79 Å². The first kappa shape index (κ1) is 17.0. The first-order valence-corrected chi connectivity index (χ1v) is 7.94. The topological polar surface area (TPSA) is 67.0 Å². The van der Waals surface area contributed by atoms with Crippen LogP contribution in [0.25, 0.3) is 0 Å². The normalized spacial score (nSPS) is 11.8. The molecule has 2 aromatic carbocycles. The average Bonchev–Trinajstić information content (AvgIpc) is 2.61. The summed E-state index contributed by atoms with van der Waals surface area (Å²) in [5.41, 5.74) is 0.564. The third kappa shape index (κ3) is 3.97. The number of nitrogens with zero attached hydrogens (tertiary/aromatic N) is 1. The molecule has 0 bridgehead atoms. The predicted molar refractivity (Wildman–Crippen MR) is 94.8 cm³/mol. The molecule has 0 fully saturated rings. The highest BCUT2D eigenvalue weighted by molar-refractivity contribution is 6.32. The van der Waals surface area contributed by atoms with Crippen LogP contribution in [-0.4, -0.2) is 10.2 Å².